The Morgan fingerprint density at radius 3 is 2.20 bits per heavy atom. The predicted molar refractivity (Wildman–Crippen MR) is 108 cm³/mol. The van der Waals surface area contributed by atoms with Crippen molar-refractivity contribution < 1.29 is 9.59 Å². The Labute approximate surface area is 158 Å². The predicted octanol–water partition coefficient (Wildman–Crippen LogP) is 4.73. The summed E-state index contributed by atoms with van der Waals surface area (Å²) in [7, 11) is 1.74. The first-order valence-corrected chi connectivity index (χ1v) is 9.56. The third kappa shape index (κ3) is 9.00. The normalized spacial score (nSPS) is 11.3. The number of amides is 2. The minimum absolute atomic E-state index is 0. The Bertz CT molecular complexity index is 513. The molecule has 0 spiro atoms. The van der Waals surface area contributed by atoms with Crippen LogP contribution in [-0.4, -0.2) is 41.3 Å². The van der Waals surface area contributed by atoms with Crippen LogP contribution in [0.2, 0.25) is 0 Å². The first-order chi connectivity index (χ1) is 11.2. The first-order valence-electron chi connectivity index (χ1n) is 8.68. The fraction of sp³-hybridized carbons (Fsp3) is 0.737. The average Bonchev–Trinajstić information content (AvgIpc) is 3.00. The monoisotopic (exact) mass is 371 g/mol. The van der Waals surface area contributed by atoms with Crippen molar-refractivity contribution in [2.24, 2.45) is 5.92 Å². The molecule has 0 aliphatic heterocycles. The van der Waals surface area contributed by atoms with Crippen molar-refractivity contribution in [3.63, 3.8) is 0 Å². The van der Waals surface area contributed by atoms with Crippen molar-refractivity contribution in [1.82, 2.24) is 15.2 Å². The van der Waals surface area contributed by atoms with Gasteiger partial charge in [-0.15, -0.1) is 11.3 Å². The van der Waals surface area contributed by atoms with Gasteiger partial charge in [-0.1, -0.05) is 49.0 Å². The van der Waals surface area contributed by atoms with Crippen LogP contribution >= 0.6 is 11.3 Å². The average molecular weight is 372 g/mol. The molecule has 1 unspecified atom stereocenters. The van der Waals surface area contributed by atoms with Crippen LogP contribution in [0.1, 0.15) is 72.5 Å². The number of nitrogens with zero attached hydrogens (tertiary/aromatic N) is 2. The molecule has 146 valence electrons. The number of urea groups is 1. The largest absolute Gasteiger partial charge is 0.328 e. The zero-order valence-electron chi connectivity index (χ0n) is 16.3. The Morgan fingerprint density at radius 2 is 1.80 bits per heavy atom. The smallest absolute Gasteiger partial charge is 0.317 e. The van der Waals surface area contributed by atoms with Gasteiger partial charge in [0.15, 0.2) is 5.78 Å². The molecule has 0 radical (unpaired) electrons. The lowest BCUT2D eigenvalue weighted by molar-refractivity contribution is -0.119. The zero-order chi connectivity index (χ0) is 18.9. The van der Waals surface area contributed by atoms with E-state index in [9.17, 15) is 9.59 Å². The van der Waals surface area contributed by atoms with Gasteiger partial charge in [0.1, 0.15) is 0 Å². The van der Waals surface area contributed by atoms with Crippen molar-refractivity contribution in [2.45, 2.75) is 74.3 Å². The van der Waals surface area contributed by atoms with Crippen LogP contribution in [0.15, 0.2) is 5.38 Å². The van der Waals surface area contributed by atoms with E-state index in [-0.39, 0.29) is 25.2 Å². The van der Waals surface area contributed by atoms with Crippen LogP contribution in [-0.2, 0) is 11.2 Å². The van der Waals surface area contributed by atoms with E-state index in [0.717, 1.165) is 17.1 Å². The summed E-state index contributed by atoms with van der Waals surface area (Å²) in [5.74, 6) is 0.502. The van der Waals surface area contributed by atoms with Crippen molar-refractivity contribution in [3.05, 3.63) is 16.1 Å². The number of carbonyl (C=O) groups is 2. The van der Waals surface area contributed by atoms with Gasteiger partial charge in [-0.2, -0.15) is 0 Å². The molecule has 5 nitrogen and oxygen atoms in total. The van der Waals surface area contributed by atoms with E-state index in [1.165, 1.54) is 6.92 Å². The molecule has 0 aromatic carbocycles. The Balaban J connectivity index is 0. The third-order valence-electron chi connectivity index (χ3n) is 3.50. The van der Waals surface area contributed by atoms with Gasteiger partial charge in [0.25, 0.3) is 0 Å². The fourth-order valence-corrected chi connectivity index (χ4v) is 2.94. The van der Waals surface area contributed by atoms with E-state index in [4.69, 9.17) is 0 Å². The molecule has 0 aliphatic rings. The number of rotatable bonds is 7. The van der Waals surface area contributed by atoms with Crippen LogP contribution in [0, 0.1) is 5.92 Å². The number of thiazole rings is 1. The Morgan fingerprint density at radius 1 is 1.24 bits per heavy atom. The molecule has 0 saturated carbocycles. The number of likely N-dealkylation sites (N-methyl/N-ethyl adjacent to an activating group) is 1. The highest BCUT2D eigenvalue weighted by Crippen LogP contribution is 2.19. The number of aromatic nitrogens is 1. The lowest BCUT2D eigenvalue weighted by Gasteiger charge is -2.24. The van der Waals surface area contributed by atoms with E-state index in [0.29, 0.717) is 12.5 Å². The topological polar surface area (TPSA) is 62.3 Å². The molecule has 0 aliphatic carbocycles. The van der Waals surface area contributed by atoms with E-state index < -0.39 is 6.04 Å². The maximum atomic E-state index is 12.1. The van der Waals surface area contributed by atoms with Gasteiger partial charge in [0.05, 0.1) is 16.7 Å². The van der Waals surface area contributed by atoms with Gasteiger partial charge in [0.2, 0.25) is 0 Å². The van der Waals surface area contributed by atoms with Crippen molar-refractivity contribution in [2.75, 3.05) is 13.6 Å². The highest BCUT2D eigenvalue weighted by molar-refractivity contribution is 7.09. The third-order valence-corrected chi connectivity index (χ3v) is 4.69. The van der Waals surface area contributed by atoms with Crippen LogP contribution in [0.25, 0.3) is 0 Å². The summed E-state index contributed by atoms with van der Waals surface area (Å²) >= 11 is 1.66. The van der Waals surface area contributed by atoms with Gasteiger partial charge in [-0.05, 0) is 12.8 Å². The second-order valence-corrected chi connectivity index (χ2v) is 7.17. The molecule has 0 fully saturated rings. The van der Waals surface area contributed by atoms with E-state index >= 15 is 0 Å². The van der Waals surface area contributed by atoms with Gasteiger partial charge >= 0.3 is 6.03 Å². The van der Waals surface area contributed by atoms with Crippen LogP contribution < -0.4 is 5.32 Å². The molecule has 1 rings (SSSR count). The molecule has 2 amide bonds. The molecular weight excluding hydrogens is 334 g/mol. The van der Waals surface area contributed by atoms with Crippen molar-refractivity contribution in [3.8, 4) is 0 Å². The van der Waals surface area contributed by atoms with Crippen LogP contribution in [0.3, 0.4) is 0 Å². The minimum Gasteiger partial charge on any atom is -0.328 e. The number of nitrogens with one attached hydrogen (secondary N) is 1. The summed E-state index contributed by atoms with van der Waals surface area (Å²) in [6.07, 6.45) is 0.722. The summed E-state index contributed by atoms with van der Waals surface area (Å²) in [6.45, 7) is 14.2. The molecule has 1 N–H and O–H groups in total. The van der Waals surface area contributed by atoms with E-state index in [2.05, 4.69) is 24.1 Å². The minimum atomic E-state index is -0.429. The summed E-state index contributed by atoms with van der Waals surface area (Å²) in [4.78, 5) is 29.9. The number of hydrogen-bond donors (Lipinski definition) is 1. The van der Waals surface area contributed by atoms with Crippen LogP contribution in [0.4, 0.5) is 4.79 Å². The fourth-order valence-electron chi connectivity index (χ4n) is 2.07. The first kappa shape index (κ1) is 25.8. The van der Waals surface area contributed by atoms with Gasteiger partial charge in [-0.3, -0.25) is 4.79 Å². The maximum absolute atomic E-state index is 12.1. The molecule has 1 atom stereocenters. The molecule has 1 aromatic heterocycles. The summed E-state index contributed by atoms with van der Waals surface area (Å²) in [6, 6.07) is -0.644. The summed E-state index contributed by atoms with van der Waals surface area (Å²) < 4.78 is 0. The molecule has 1 aromatic rings. The number of ketones is 1. The van der Waals surface area contributed by atoms with Gasteiger partial charge < -0.3 is 10.2 Å². The van der Waals surface area contributed by atoms with Gasteiger partial charge in [0, 0.05) is 31.3 Å². The highest BCUT2D eigenvalue weighted by atomic mass is 32.1. The second-order valence-electron chi connectivity index (χ2n) is 6.29. The Kier molecular flexibility index (Phi) is 13.3. The van der Waals surface area contributed by atoms with E-state index in [1.807, 2.05) is 33.1 Å². The molecule has 6 heteroatoms. The second kappa shape index (κ2) is 12.9. The number of Topliss-reactive ketones (excluding diaryl/α,β-unsaturated/α-hetero) is 1. The van der Waals surface area contributed by atoms with Crippen molar-refractivity contribution in [1.29, 1.82) is 0 Å². The maximum Gasteiger partial charge on any atom is 0.317 e. The molecule has 1 heterocycles. The summed E-state index contributed by atoms with van der Waals surface area (Å²) in [5.41, 5.74) is 1.01. The molecule has 25 heavy (non-hydrogen) atoms. The molecule has 0 saturated heterocycles. The SMILES string of the molecule is C.CC.CC(=O)C(NC(=O)N(C)CCc1csc(C(C)C)n1)C(C)C. The number of carbonyl (C=O) groups excluding carboxylic acids is 2. The Hall–Kier alpha value is -1.43. The molecule has 0 bridgehead atoms. The highest BCUT2D eigenvalue weighted by Gasteiger charge is 2.22. The molecular formula is C19H37N3O2S. The lowest BCUT2D eigenvalue weighted by Crippen LogP contribution is -2.48. The standard InChI is InChI=1S/C16H27N3O2S.C2H6.CH4/c1-10(2)14(12(5)20)18-16(21)19(6)8-7-13-9-22-15(17-13)11(3)4;1-2;/h9-11,14H,7-8H2,1-6H3,(H,18,21);1-2H3;1H4. The van der Waals surface area contributed by atoms with Gasteiger partial charge in [-0.25, -0.2) is 9.78 Å². The van der Waals surface area contributed by atoms with Crippen molar-refractivity contribution >= 4 is 23.2 Å². The summed E-state index contributed by atoms with van der Waals surface area (Å²) in [5, 5.41) is 5.97. The van der Waals surface area contributed by atoms with E-state index in [1.54, 1.807) is 23.3 Å². The number of hydrogen-bond acceptors (Lipinski definition) is 4. The zero-order valence-corrected chi connectivity index (χ0v) is 17.2. The van der Waals surface area contributed by atoms with Crippen LogP contribution in [0.5, 0.6) is 0 Å². The quantitative estimate of drug-likeness (QED) is 0.754. The lowest BCUT2D eigenvalue weighted by atomic mass is 10.0.